The van der Waals surface area contributed by atoms with Crippen molar-refractivity contribution in [2.75, 3.05) is 11.9 Å². The Hall–Kier alpha value is -3.03. The molecule has 1 atom stereocenters. The minimum absolute atomic E-state index is 0.0584. The number of thiophene rings is 1. The Bertz CT molecular complexity index is 924. The summed E-state index contributed by atoms with van der Waals surface area (Å²) in [5.74, 6) is -0.260. The smallest absolute Gasteiger partial charge is 0.271 e. The van der Waals surface area contributed by atoms with E-state index in [2.05, 4.69) is 10.6 Å². The Balaban J connectivity index is 1.68. The molecule has 1 heterocycles. The lowest BCUT2D eigenvalue weighted by atomic mass is 10.0. The van der Waals surface area contributed by atoms with Crippen LogP contribution < -0.4 is 10.6 Å². The highest BCUT2D eigenvalue weighted by atomic mass is 32.1. The van der Waals surface area contributed by atoms with Gasteiger partial charge in [-0.3, -0.25) is 20.2 Å². The van der Waals surface area contributed by atoms with Gasteiger partial charge in [-0.15, -0.1) is 11.3 Å². The third-order valence-corrected chi connectivity index (χ3v) is 4.98. The zero-order valence-electron chi connectivity index (χ0n) is 14.7. The maximum Gasteiger partial charge on any atom is 0.271 e. The number of nitrogens with one attached hydrogen (secondary N) is 2. The lowest BCUT2D eigenvalue weighted by molar-refractivity contribution is -0.384. The lowest BCUT2D eigenvalue weighted by Gasteiger charge is -2.18. The summed E-state index contributed by atoms with van der Waals surface area (Å²) in [7, 11) is 0. The molecule has 0 fully saturated rings. The average Bonchev–Trinajstić information content (AvgIpc) is 3.18. The van der Waals surface area contributed by atoms with Crippen LogP contribution >= 0.6 is 11.3 Å². The van der Waals surface area contributed by atoms with Gasteiger partial charge < -0.3 is 5.32 Å². The first-order chi connectivity index (χ1) is 13.0. The summed E-state index contributed by atoms with van der Waals surface area (Å²) in [6.45, 7) is 2.11. The molecule has 0 aliphatic heterocycles. The Labute approximate surface area is 161 Å². The molecule has 0 radical (unpaired) electrons. The predicted molar refractivity (Wildman–Crippen MR) is 107 cm³/mol. The molecule has 0 aliphatic rings. The number of carbonyl (C=O) groups is 1. The van der Waals surface area contributed by atoms with Gasteiger partial charge >= 0.3 is 0 Å². The van der Waals surface area contributed by atoms with E-state index in [0.29, 0.717) is 5.69 Å². The summed E-state index contributed by atoms with van der Waals surface area (Å²) in [4.78, 5) is 23.8. The van der Waals surface area contributed by atoms with Gasteiger partial charge in [-0.05, 0) is 30.0 Å². The quantitative estimate of drug-likeness (QED) is 0.472. The number of rotatable bonds is 7. The molecule has 0 saturated carbocycles. The molecule has 1 aromatic heterocycles. The number of hydrogen-bond donors (Lipinski definition) is 2. The van der Waals surface area contributed by atoms with E-state index in [-0.39, 0.29) is 24.2 Å². The number of hydrogen-bond acceptors (Lipinski definition) is 5. The van der Waals surface area contributed by atoms with Crippen LogP contribution in [0.4, 0.5) is 11.4 Å². The number of carbonyl (C=O) groups excluding carboxylic acids is 1. The highest BCUT2D eigenvalue weighted by molar-refractivity contribution is 7.10. The number of amides is 1. The normalized spacial score (nSPS) is 11.7. The van der Waals surface area contributed by atoms with Crippen molar-refractivity contribution in [3.63, 3.8) is 0 Å². The summed E-state index contributed by atoms with van der Waals surface area (Å²) < 4.78 is 0. The van der Waals surface area contributed by atoms with E-state index in [1.54, 1.807) is 23.5 Å². The highest BCUT2D eigenvalue weighted by Gasteiger charge is 2.16. The number of nitro benzene ring substituents is 1. The Kier molecular flexibility index (Phi) is 5.95. The van der Waals surface area contributed by atoms with Crippen LogP contribution in [0.25, 0.3) is 0 Å². The van der Waals surface area contributed by atoms with Crippen LogP contribution in [0.3, 0.4) is 0 Å². The van der Waals surface area contributed by atoms with E-state index in [9.17, 15) is 14.9 Å². The van der Waals surface area contributed by atoms with E-state index >= 15 is 0 Å². The third kappa shape index (κ3) is 4.99. The summed E-state index contributed by atoms with van der Waals surface area (Å²) in [6.07, 6.45) is 0. The molecule has 0 bridgehead atoms. The van der Waals surface area contributed by atoms with Crippen molar-refractivity contribution in [2.24, 2.45) is 0 Å². The fourth-order valence-electron chi connectivity index (χ4n) is 2.69. The van der Waals surface area contributed by atoms with Gasteiger partial charge in [-0.2, -0.15) is 0 Å². The van der Waals surface area contributed by atoms with Gasteiger partial charge in [0.2, 0.25) is 5.91 Å². The summed E-state index contributed by atoms with van der Waals surface area (Å²) in [6, 6.07) is 18.0. The predicted octanol–water partition coefficient (Wildman–Crippen LogP) is 4.28. The molecule has 3 aromatic rings. The molecule has 0 unspecified atom stereocenters. The van der Waals surface area contributed by atoms with Gasteiger partial charge in [-0.25, -0.2) is 0 Å². The monoisotopic (exact) mass is 381 g/mol. The number of benzene rings is 2. The summed E-state index contributed by atoms with van der Waals surface area (Å²) in [5.41, 5.74) is 2.59. The van der Waals surface area contributed by atoms with E-state index in [0.717, 1.165) is 10.4 Å². The molecule has 2 aromatic carbocycles. The molecule has 27 heavy (non-hydrogen) atoms. The Morgan fingerprint density at radius 2 is 1.93 bits per heavy atom. The molecule has 7 heteroatoms. The third-order valence-electron chi connectivity index (χ3n) is 4.05. The van der Waals surface area contributed by atoms with Crippen molar-refractivity contribution in [1.29, 1.82) is 0 Å². The zero-order chi connectivity index (χ0) is 19.2. The molecule has 3 rings (SSSR count). The van der Waals surface area contributed by atoms with Gasteiger partial charge in [0.25, 0.3) is 5.69 Å². The topological polar surface area (TPSA) is 84.3 Å². The molecule has 1 amide bonds. The second-order valence-electron chi connectivity index (χ2n) is 6.10. The standard InChI is InChI=1S/C20H19N3O3S/c1-14-7-9-15(10-8-14)20(18-6-3-11-27-18)21-13-19(24)22-16-4-2-5-17(12-16)23(25)26/h2-12,20-21H,13H2,1H3,(H,22,24)/t20-/m0/s1. The lowest BCUT2D eigenvalue weighted by Crippen LogP contribution is -2.31. The highest BCUT2D eigenvalue weighted by Crippen LogP contribution is 2.26. The van der Waals surface area contributed by atoms with Gasteiger partial charge in [0.05, 0.1) is 17.5 Å². The van der Waals surface area contributed by atoms with E-state index in [1.807, 2.05) is 48.7 Å². The van der Waals surface area contributed by atoms with Gasteiger partial charge in [0, 0.05) is 22.7 Å². The maximum atomic E-state index is 12.3. The van der Waals surface area contributed by atoms with Gasteiger partial charge in [-0.1, -0.05) is 42.0 Å². The van der Waals surface area contributed by atoms with E-state index < -0.39 is 4.92 Å². The number of anilines is 1. The van der Waals surface area contributed by atoms with Crippen molar-refractivity contribution in [1.82, 2.24) is 5.32 Å². The fraction of sp³-hybridized carbons (Fsp3) is 0.150. The average molecular weight is 381 g/mol. The Morgan fingerprint density at radius 3 is 2.59 bits per heavy atom. The maximum absolute atomic E-state index is 12.3. The van der Waals surface area contributed by atoms with Crippen LogP contribution in [0.2, 0.25) is 0 Å². The number of nitro groups is 1. The largest absolute Gasteiger partial charge is 0.325 e. The van der Waals surface area contributed by atoms with Gasteiger partial charge in [0.15, 0.2) is 0 Å². The molecular weight excluding hydrogens is 362 g/mol. The van der Waals surface area contributed by atoms with Crippen molar-refractivity contribution < 1.29 is 9.72 Å². The van der Waals surface area contributed by atoms with Crippen LogP contribution in [-0.2, 0) is 4.79 Å². The second kappa shape index (κ2) is 8.57. The Morgan fingerprint density at radius 1 is 1.15 bits per heavy atom. The number of non-ortho nitro benzene ring substituents is 1. The van der Waals surface area contributed by atoms with Crippen molar-refractivity contribution in [2.45, 2.75) is 13.0 Å². The van der Waals surface area contributed by atoms with Crippen molar-refractivity contribution in [3.05, 3.63) is 92.2 Å². The van der Waals surface area contributed by atoms with Crippen LogP contribution in [0.15, 0.2) is 66.0 Å². The SMILES string of the molecule is Cc1ccc([C@H](NCC(=O)Nc2cccc([N+](=O)[O-])c2)c2cccs2)cc1. The van der Waals surface area contributed by atoms with E-state index in [1.165, 1.54) is 17.7 Å². The minimum Gasteiger partial charge on any atom is -0.325 e. The van der Waals surface area contributed by atoms with Crippen LogP contribution in [0.1, 0.15) is 22.0 Å². The fourth-order valence-corrected chi connectivity index (χ4v) is 3.52. The van der Waals surface area contributed by atoms with E-state index in [4.69, 9.17) is 0 Å². The molecule has 138 valence electrons. The zero-order valence-corrected chi connectivity index (χ0v) is 15.5. The molecular formula is C20H19N3O3S. The first-order valence-corrected chi connectivity index (χ1v) is 9.28. The van der Waals surface area contributed by atoms with Crippen LogP contribution in [0.5, 0.6) is 0 Å². The number of nitrogens with zero attached hydrogens (tertiary/aromatic N) is 1. The molecule has 0 saturated heterocycles. The second-order valence-corrected chi connectivity index (χ2v) is 7.07. The molecule has 6 nitrogen and oxygen atoms in total. The summed E-state index contributed by atoms with van der Waals surface area (Å²) in [5, 5.41) is 18.8. The van der Waals surface area contributed by atoms with Crippen LogP contribution in [-0.4, -0.2) is 17.4 Å². The summed E-state index contributed by atoms with van der Waals surface area (Å²) >= 11 is 1.62. The van der Waals surface area contributed by atoms with Crippen molar-refractivity contribution in [3.8, 4) is 0 Å². The van der Waals surface area contributed by atoms with Crippen molar-refractivity contribution >= 4 is 28.6 Å². The molecule has 2 N–H and O–H groups in total. The molecule has 0 aliphatic carbocycles. The number of aryl methyl sites for hydroxylation is 1. The first-order valence-electron chi connectivity index (χ1n) is 8.40. The molecule has 0 spiro atoms. The van der Waals surface area contributed by atoms with Gasteiger partial charge in [0.1, 0.15) is 0 Å². The minimum atomic E-state index is -0.488. The first kappa shape index (κ1) is 18.8. The van der Waals surface area contributed by atoms with Crippen LogP contribution in [0, 0.1) is 17.0 Å².